The Labute approximate surface area is 199 Å². The van der Waals surface area contributed by atoms with Crippen LogP contribution < -0.4 is 0 Å². The molecule has 0 radical (unpaired) electrons. The molecule has 0 nitrogen and oxygen atoms in total. The average Bonchev–Trinajstić information content (AvgIpc) is 3.16. The third-order valence-electron chi connectivity index (χ3n) is 9.99. The van der Waals surface area contributed by atoms with Gasteiger partial charge in [0.1, 0.15) is 0 Å². The van der Waals surface area contributed by atoms with E-state index < -0.39 is 8.07 Å². The van der Waals surface area contributed by atoms with E-state index in [0.717, 1.165) is 40.7 Å². The summed E-state index contributed by atoms with van der Waals surface area (Å²) in [6.45, 7) is 25.1. The summed E-state index contributed by atoms with van der Waals surface area (Å²) in [6.07, 6.45) is 1.24. The van der Waals surface area contributed by atoms with Gasteiger partial charge in [-0.3, -0.25) is 0 Å². The van der Waals surface area contributed by atoms with Crippen molar-refractivity contribution in [1.29, 1.82) is 0 Å². The van der Waals surface area contributed by atoms with E-state index in [2.05, 4.69) is 111 Å². The van der Waals surface area contributed by atoms with Gasteiger partial charge in [0.15, 0.2) is 0 Å². The minimum atomic E-state index is -1.52. The summed E-state index contributed by atoms with van der Waals surface area (Å²) in [7, 11) is -1.52. The Bertz CT molecular complexity index is 947. The quantitative estimate of drug-likeness (QED) is 0.412. The lowest BCUT2D eigenvalue weighted by atomic mass is 9.86. The highest BCUT2D eigenvalue weighted by Gasteiger charge is 2.54. The molecule has 0 spiro atoms. The molecule has 2 aromatic carbocycles. The molecule has 174 valence electrons. The van der Waals surface area contributed by atoms with Crippen LogP contribution >= 0.6 is 0 Å². The molecule has 0 aromatic heterocycles. The molecule has 0 bridgehead atoms. The third-order valence-corrected chi connectivity index (χ3v) is 15.2. The molecule has 1 fully saturated rings. The van der Waals surface area contributed by atoms with Crippen molar-refractivity contribution in [2.45, 2.75) is 91.4 Å². The molecule has 0 N–H and O–H groups in total. The largest absolute Gasteiger partial charge is 0.0687 e. The van der Waals surface area contributed by atoms with Crippen LogP contribution in [0.4, 0.5) is 0 Å². The first-order chi connectivity index (χ1) is 14.9. The molecule has 6 unspecified atom stereocenters. The van der Waals surface area contributed by atoms with E-state index >= 15 is 0 Å². The summed E-state index contributed by atoms with van der Waals surface area (Å²) < 4.78 is 0. The predicted octanol–water partition coefficient (Wildman–Crippen LogP) is 9.10. The van der Waals surface area contributed by atoms with Crippen LogP contribution in [0.15, 0.2) is 42.5 Å². The van der Waals surface area contributed by atoms with Crippen LogP contribution in [0.5, 0.6) is 0 Å². The molecule has 0 aliphatic heterocycles. The Hall–Kier alpha value is -1.34. The van der Waals surface area contributed by atoms with Gasteiger partial charge < -0.3 is 0 Å². The van der Waals surface area contributed by atoms with Gasteiger partial charge in [-0.15, -0.1) is 0 Å². The Morgan fingerprint density at radius 3 is 1.84 bits per heavy atom. The van der Waals surface area contributed by atoms with Crippen molar-refractivity contribution in [1.82, 2.24) is 0 Å². The van der Waals surface area contributed by atoms with Crippen LogP contribution in [0.1, 0.15) is 77.6 Å². The minimum absolute atomic E-state index is 0.204. The first-order valence-corrected chi connectivity index (χ1v) is 16.2. The first-order valence-electron chi connectivity index (χ1n) is 13.1. The number of benzene rings is 2. The summed E-state index contributed by atoms with van der Waals surface area (Å²) in [5.74, 6) is 4.17. The Morgan fingerprint density at radius 2 is 1.31 bits per heavy atom. The Morgan fingerprint density at radius 1 is 0.750 bits per heavy atom. The van der Waals surface area contributed by atoms with E-state index in [9.17, 15) is 0 Å². The number of fused-ring (bicyclic) bond motifs is 1. The van der Waals surface area contributed by atoms with Crippen LogP contribution in [-0.4, -0.2) is 8.07 Å². The van der Waals surface area contributed by atoms with Crippen molar-refractivity contribution in [2.24, 2.45) is 29.6 Å². The Kier molecular flexibility index (Phi) is 6.06. The van der Waals surface area contributed by atoms with Gasteiger partial charge in [0.2, 0.25) is 0 Å². The number of hydrogen-bond acceptors (Lipinski definition) is 0. The molecule has 32 heavy (non-hydrogen) atoms. The second-order valence-electron chi connectivity index (χ2n) is 13.1. The predicted molar refractivity (Wildman–Crippen MR) is 144 cm³/mol. The lowest BCUT2D eigenvalue weighted by Gasteiger charge is -2.43. The summed E-state index contributed by atoms with van der Waals surface area (Å²) >= 11 is 0. The van der Waals surface area contributed by atoms with Crippen molar-refractivity contribution >= 4 is 8.07 Å². The van der Waals surface area contributed by atoms with Gasteiger partial charge >= 0.3 is 0 Å². The molecule has 4 rings (SSSR count). The van der Waals surface area contributed by atoms with Gasteiger partial charge in [-0.2, -0.15) is 0 Å². The molecule has 2 aromatic rings. The van der Waals surface area contributed by atoms with Crippen molar-refractivity contribution in [2.75, 3.05) is 0 Å². The summed E-state index contributed by atoms with van der Waals surface area (Å²) in [4.78, 5) is 0. The molecule has 2 aliphatic rings. The Balaban J connectivity index is 1.73. The van der Waals surface area contributed by atoms with Gasteiger partial charge in [-0.25, -0.2) is 0 Å². The van der Waals surface area contributed by atoms with Crippen LogP contribution in [0, 0.1) is 29.6 Å². The molecular formula is C31H46Si. The smallest absolute Gasteiger partial charge is 0.0591 e. The van der Waals surface area contributed by atoms with E-state index in [1.807, 2.05) is 0 Å². The summed E-state index contributed by atoms with van der Waals surface area (Å²) in [5, 5.41) is 0. The maximum atomic E-state index is 2.73. The van der Waals surface area contributed by atoms with Crippen LogP contribution in [0.3, 0.4) is 0 Å². The fourth-order valence-corrected chi connectivity index (χ4v) is 14.5. The molecule has 6 atom stereocenters. The number of hydrogen-bond donors (Lipinski definition) is 0. The monoisotopic (exact) mass is 446 g/mol. The van der Waals surface area contributed by atoms with E-state index in [1.54, 1.807) is 11.1 Å². The van der Waals surface area contributed by atoms with Gasteiger partial charge in [0, 0.05) is 0 Å². The van der Waals surface area contributed by atoms with Crippen LogP contribution in [0.25, 0.3) is 11.1 Å². The van der Waals surface area contributed by atoms with Gasteiger partial charge in [-0.1, -0.05) is 111 Å². The fourth-order valence-electron chi connectivity index (χ4n) is 8.08. The summed E-state index contributed by atoms with van der Waals surface area (Å²) in [5.41, 5.74) is 9.53. The zero-order valence-electron chi connectivity index (χ0n) is 22.3. The van der Waals surface area contributed by atoms with Gasteiger partial charge in [0.25, 0.3) is 0 Å². The zero-order chi connectivity index (χ0) is 23.6. The van der Waals surface area contributed by atoms with Gasteiger partial charge in [0.05, 0.1) is 8.07 Å². The highest BCUT2D eigenvalue weighted by Crippen LogP contribution is 2.59. The van der Waals surface area contributed by atoms with Crippen molar-refractivity contribution in [3.8, 4) is 11.1 Å². The molecule has 1 heteroatoms. The fraction of sp³-hybridized carbons (Fsp3) is 0.613. The standard InChI is InChI=1S/C31H46Si/c1-19-18-28-26(24-14-16-25(17-15-24)31(6,7)8)12-11-13-27(28)29(19)32(9,10)30-22(4)20(2)21(3)23(30)5/h11-17,19-23,29-30H,18H2,1-10H3. The van der Waals surface area contributed by atoms with Crippen molar-refractivity contribution < 1.29 is 0 Å². The molecule has 0 heterocycles. The lowest BCUT2D eigenvalue weighted by molar-refractivity contribution is 0.352. The van der Waals surface area contributed by atoms with E-state index in [1.165, 1.54) is 23.1 Å². The maximum Gasteiger partial charge on any atom is 0.0591 e. The zero-order valence-corrected chi connectivity index (χ0v) is 23.3. The van der Waals surface area contributed by atoms with E-state index in [4.69, 9.17) is 0 Å². The maximum absolute atomic E-state index is 2.73. The third kappa shape index (κ3) is 3.73. The molecule has 0 saturated heterocycles. The van der Waals surface area contributed by atoms with Crippen molar-refractivity contribution in [3.05, 3.63) is 59.2 Å². The minimum Gasteiger partial charge on any atom is -0.0687 e. The second kappa shape index (κ2) is 8.15. The highest BCUT2D eigenvalue weighted by molar-refractivity contribution is 6.80. The SMILES string of the molecule is CC1Cc2c(-c3ccc(C(C)(C)C)cc3)cccc2C1[Si](C)(C)C1C(C)C(C)C(C)C1C. The highest BCUT2D eigenvalue weighted by atomic mass is 28.3. The van der Waals surface area contributed by atoms with E-state index in [0.29, 0.717) is 0 Å². The molecule has 1 saturated carbocycles. The molecule has 2 aliphatic carbocycles. The normalized spacial score (nSPS) is 32.9. The molecular weight excluding hydrogens is 400 g/mol. The number of rotatable bonds is 3. The second-order valence-corrected chi connectivity index (χ2v) is 18.1. The van der Waals surface area contributed by atoms with Gasteiger partial charge in [-0.05, 0) is 80.3 Å². The lowest BCUT2D eigenvalue weighted by Crippen LogP contribution is -2.45. The van der Waals surface area contributed by atoms with E-state index in [-0.39, 0.29) is 5.41 Å². The van der Waals surface area contributed by atoms with Crippen LogP contribution in [-0.2, 0) is 11.8 Å². The average molecular weight is 447 g/mol. The van der Waals surface area contributed by atoms with Crippen LogP contribution in [0.2, 0.25) is 18.6 Å². The molecule has 0 amide bonds. The van der Waals surface area contributed by atoms with Crippen molar-refractivity contribution in [3.63, 3.8) is 0 Å². The summed E-state index contributed by atoms with van der Waals surface area (Å²) in [6, 6.07) is 16.6. The first kappa shape index (κ1) is 23.8. The topological polar surface area (TPSA) is 0 Å².